The maximum Gasteiger partial charge on any atom is 0.275 e. The molecule has 2 rings (SSSR count). The highest BCUT2D eigenvalue weighted by Gasteiger charge is 2.14. The first-order valence-electron chi connectivity index (χ1n) is 7.96. The van der Waals surface area contributed by atoms with E-state index in [0.717, 1.165) is 28.5 Å². The molecule has 2 aromatic carbocycles. The first-order chi connectivity index (χ1) is 11.0. The average molecular weight is 313 g/mol. The second kappa shape index (κ2) is 8.34. The lowest BCUT2D eigenvalue weighted by Gasteiger charge is -2.17. The summed E-state index contributed by atoms with van der Waals surface area (Å²) in [6, 6.07) is 17.9. The molecular formula is C19H25N2O2+. The quantitative estimate of drug-likeness (QED) is 0.821. The van der Waals surface area contributed by atoms with Crippen molar-refractivity contribution in [3.63, 3.8) is 0 Å². The van der Waals surface area contributed by atoms with Crippen LogP contribution >= 0.6 is 0 Å². The van der Waals surface area contributed by atoms with Gasteiger partial charge in [-0.2, -0.15) is 0 Å². The van der Waals surface area contributed by atoms with Crippen molar-refractivity contribution in [3.05, 3.63) is 60.2 Å². The van der Waals surface area contributed by atoms with Gasteiger partial charge in [-0.25, -0.2) is 0 Å². The number of carbonyl (C=O) groups is 1. The molecule has 0 saturated carbocycles. The van der Waals surface area contributed by atoms with Crippen molar-refractivity contribution < 1.29 is 14.4 Å². The Bertz CT molecular complexity index is 626. The standard InChI is InChI=1S/C19H24N2O2/c1-15(2)20-19(22)14-21(3)13-16-9-7-8-12-18(16)23-17-10-5-4-6-11-17/h4-12,15H,13-14H2,1-3H3,(H,20,22)/p+1. The van der Waals surface area contributed by atoms with E-state index in [0.29, 0.717) is 6.54 Å². The van der Waals surface area contributed by atoms with Crippen LogP contribution in [0, 0.1) is 0 Å². The molecule has 0 aliphatic carbocycles. The molecule has 0 bridgehead atoms. The lowest BCUT2D eigenvalue weighted by atomic mass is 10.2. The van der Waals surface area contributed by atoms with Gasteiger partial charge in [0.05, 0.1) is 7.05 Å². The normalized spacial score (nSPS) is 12.0. The molecule has 0 aromatic heterocycles. The van der Waals surface area contributed by atoms with Gasteiger partial charge in [-0.05, 0) is 38.1 Å². The summed E-state index contributed by atoms with van der Waals surface area (Å²) in [7, 11) is 2.01. The van der Waals surface area contributed by atoms with Gasteiger partial charge in [-0.1, -0.05) is 30.3 Å². The van der Waals surface area contributed by atoms with Crippen LogP contribution in [-0.4, -0.2) is 25.5 Å². The van der Waals surface area contributed by atoms with Gasteiger partial charge < -0.3 is 15.0 Å². The number of para-hydroxylation sites is 2. The van der Waals surface area contributed by atoms with E-state index in [2.05, 4.69) is 5.32 Å². The van der Waals surface area contributed by atoms with Gasteiger partial charge in [-0.3, -0.25) is 4.79 Å². The maximum absolute atomic E-state index is 11.9. The SMILES string of the molecule is CC(C)NC(=O)C[NH+](C)Cc1ccccc1Oc1ccccc1. The second-order valence-corrected chi connectivity index (χ2v) is 6.06. The number of hydrogen-bond acceptors (Lipinski definition) is 2. The van der Waals surface area contributed by atoms with E-state index in [1.54, 1.807) is 0 Å². The molecule has 0 aliphatic rings. The lowest BCUT2D eigenvalue weighted by molar-refractivity contribution is -0.885. The topological polar surface area (TPSA) is 42.8 Å². The third-order valence-electron chi connectivity index (χ3n) is 3.35. The number of benzene rings is 2. The number of nitrogens with one attached hydrogen (secondary N) is 2. The van der Waals surface area contributed by atoms with Crippen molar-refractivity contribution in [2.45, 2.75) is 26.4 Å². The number of rotatable bonds is 7. The summed E-state index contributed by atoms with van der Waals surface area (Å²) in [5.74, 6) is 1.72. The van der Waals surface area contributed by atoms with Crippen LogP contribution in [0.4, 0.5) is 0 Å². The Morgan fingerprint density at radius 2 is 1.74 bits per heavy atom. The largest absolute Gasteiger partial charge is 0.457 e. The second-order valence-electron chi connectivity index (χ2n) is 6.06. The van der Waals surface area contributed by atoms with Crippen LogP contribution in [-0.2, 0) is 11.3 Å². The molecule has 0 spiro atoms. The molecule has 0 saturated heterocycles. The van der Waals surface area contributed by atoms with Crippen LogP contribution in [0.5, 0.6) is 11.5 Å². The molecular weight excluding hydrogens is 288 g/mol. The van der Waals surface area contributed by atoms with Crippen molar-refractivity contribution in [3.8, 4) is 11.5 Å². The number of hydrogen-bond donors (Lipinski definition) is 2. The van der Waals surface area contributed by atoms with Gasteiger partial charge in [-0.15, -0.1) is 0 Å². The Labute approximate surface area is 138 Å². The zero-order chi connectivity index (χ0) is 16.7. The van der Waals surface area contributed by atoms with Crippen LogP contribution in [0.15, 0.2) is 54.6 Å². The van der Waals surface area contributed by atoms with E-state index in [1.807, 2.05) is 75.5 Å². The van der Waals surface area contributed by atoms with E-state index in [9.17, 15) is 4.79 Å². The maximum atomic E-state index is 11.9. The third kappa shape index (κ3) is 5.75. The van der Waals surface area contributed by atoms with Crippen LogP contribution < -0.4 is 15.0 Å². The summed E-state index contributed by atoms with van der Waals surface area (Å²) < 4.78 is 5.97. The fourth-order valence-electron chi connectivity index (χ4n) is 2.40. The van der Waals surface area contributed by atoms with Crippen molar-refractivity contribution in [1.29, 1.82) is 0 Å². The Morgan fingerprint density at radius 1 is 1.09 bits per heavy atom. The van der Waals surface area contributed by atoms with Gasteiger partial charge in [0.1, 0.15) is 18.0 Å². The zero-order valence-corrected chi connectivity index (χ0v) is 14.0. The van der Waals surface area contributed by atoms with Crippen molar-refractivity contribution in [2.75, 3.05) is 13.6 Å². The van der Waals surface area contributed by atoms with Crippen LogP contribution in [0.25, 0.3) is 0 Å². The minimum Gasteiger partial charge on any atom is -0.457 e. The summed E-state index contributed by atoms with van der Waals surface area (Å²) >= 11 is 0. The summed E-state index contributed by atoms with van der Waals surface area (Å²) in [6.07, 6.45) is 0. The molecule has 0 heterocycles. The zero-order valence-electron chi connectivity index (χ0n) is 14.0. The monoisotopic (exact) mass is 313 g/mol. The molecule has 1 atom stereocenters. The fraction of sp³-hybridized carbons (Fsp3) is 0.316. The Morgan fingerprint density at radius 3 is 2.43 bits per heavy atom. The van der Waals surface area contributed by atoms with E-state index in [1.165, 1.54) is 0 Å². The van der Waals surface area contributed by atoms with Crippen LogP contribution in [0.2, 0.25) is 0 Å². The molecule has 1 unspecified atom stereocenters. The van der Waals surface area contributed by atoms with Gasteiger partial charge in [0.15, 0.2) is 6.54 Å². The highest BCUT2D eigenvalue weighted by molar-refractivity contribution is 5.77. The minimum atomic E-state index is 0.0685. The Balaban J connectivity index is 2.01. The van der Waals surface area contributed by atoms with E-state index >= 15 is 0 Å². The number of quaternary nitrogens is 1. The molecule has 0 radical (unpaired) electrons. The number of likely N-dealkylation sites (N-methyl/N-ethyl adjacent to an activating group) is 1. The highest BCUT2D eigenvalue weighted by Crippen LogP contribution is 2.24. The van der Waals surface area contributed by atoms with Gasteiger partial charge in [0.25, 0.3) is 5.91 Å². The molecule has 23 heavy (non-hydrogen) atoms. The summed E-state index contributed by atoms with van der Waals surface area (Å²) in [4.78, 5) is 13.0. The Hall–Kier alpha value is -2.33. The fourth-order valence-corrected chi connectivity index (χ4v) is 2.40. The third-order valence-corrected chi connectivity index (χ3v) is 3.35. The van der Waals surface area contributed by atoms with Gasteiger partial charge in [0, 0.05) is 11.6 Å². The molecule has 4 nitrogen and oxygen atoms in total. The molecule has 1 amide bonds. The first-order valence-corrected chi connectivity index (χ1v) is 7.96. The molecule has 0 aliphatic heterocycles. The molecule has 2 aromatic rings. The van der Waals surface area contributed by atoms with Crippen LogP contribution in [0.1, 0.15) is 19.4 Å². The van der Waals surface area contributed by atoms with E-state index in [4.69, 9.17) is 4.74 Å². The van der Waals surface area contributed by atoms with E-state index in [-0.39, 0.29) is 11.9 Å². The molecule has 4 heteroatoms. The minimum absolute atomic E-state index is 0.0685. The summed E-state index contributed by atoms with van der Waals surface area (Å²) in [5, 5.41) is 2.92. The molecule has 0 fully saturated rings. The van der Waals surface area contributed by atoms with Gasteiger partial charge in [0.2, 0.25) is 0 Å². The number of amides is 1. The van der Waals surface area contributed by atoms with Crippen molar-refractivity contribution in [2.24, 2.45) is 0 Å². The smallest absolute Gasteiger partial charge is 0.275 e. The summed E-state index contributed by atoms with van der Waals surface area (Å²) in [5.41, 5.74) is 1.09. The Kier molecular flexibility index (Phi) is 6.18. The molecule has 122 valence electrons. The van der Waals surface area contributed by atoms with Crippen molar-refractivity contribution in [1.82, 2.24) is 5.32 Å². The lowest BCUT2D eigenvalue weighted by Crippen LogP contribution is -3.09. The van der Waals surface area contributed by atoms with E-state index < -0.39 is 0 Å². The highest BCUT2D eigenvalue weighted by atomic mass is 16.5. The van der Waals surface area contributed by atoms with Crippen molar-refractivity contribution >= 4 is 5.91 Å². The average Bonchev–Trinajstić information content (AvgIpc) is 2.49. The summed E-state index contributed by atoms with van der Waals surface area (Å²) in [6.45, 7) is 5.11. The van der Waals surface area contributed by atoms with Gasteiger partial charge >= 0.3 is 0 Å². The van der Waals surface area contributed by atoms with Crippen LogP contribution in [0.3, 0.4) is 0 Å². The first kappa shape index (κ1) is 17.0. The number of carbonyl (C=O) groups excluding carboxylic acids is 1. The predicted molar refractivity (Wildman–Crippen MR) is 91.7 cm³/mol. The predicted octanol–water partition coefficient (Wildman–Crippen LogP) is 2.02. The number of ether oxygens (including phenoxy) is 1. The molecule has 2 N–H and O–H groups in total.